The second-order valence-corrected chi connectivity index (χ2v) is 1.15. The molecule has 3 nitrogen and oxygen atoms in total. The largest absolute Gasteiger partial charge is 0.371 e. The third kappa shape index (κ3) is 1.94. The van der Waals surface area contributed by atoms with Crippen molar-refractivity contribution in [3.8, 4) is 0 Å². The molecule has 39 valence electrons. The lowest BCUT2D eigenvalue weighted by Crippen LogP contribution is -1.98. The normalized spacial score (nSPS) is 7.71. The van der Waals surface area contributed by atoms with Gasteiger partial charge in [0, 0.05) is 10.8 Å². The van der Waals surface area contributed by atoms with E-state index in [4.69, 9.17) is 5.26 Å². The van der Waals surface area contributed by atoms with E-state index in [0.717, 1.165) is 0 Å². The molecule has 0 atom stereocenters. The monoisotopic (exact) mass is 101 g/mol. The van der Waals surface area contributed by atoms with E-state index in [2.05, 4.69) is 11.5 Å². The van der Waals surface area contributed by atoms with Crippen LogP contribution in [-0.2, 0) is 14.9 Å². The van der Waals surface area contributed by atoms with Crippen LogP contribution in [0.15, 0.2) is 12.2 Å². The lowest BCUT2D eigenvalue weighted by molar-refractivity contribution is -0.274. The van der Waals surface area contributed by atoms with Gasteiger partial charge in [-0.25, -0.2) is 4.79 Å². The Bertz CT molecular complexity index is 95.1. The zero-order valence-electron chi connectivity index (χ0n) is 3.93. The summed E-state index contributed by atoms with van der Waals surface area (Å²) < 4.78 is 0. The number of carbonyl (C=O) groups is 1. The van der Waals surface area contributed by atoms with Crippen LogP contribution in [0.1, 0.15) is 6.92 Å². The first-order valence-corrected chi connectivity index (χ1v) is 1.68. The van der Waals surface area contributed by atoms with E-state index in [-0.39, 0.29) is 5.57 Å². The molecule has 0 rings (SSSR count). The van der Waals surface area contributed by atoms with Gasteiger partial charge in [-0.3, -0.25) is 4.89 Å². The highest BCUT2D eigenvalue weighted by Crippen LogP contribution is 1.87. The van der Waals surface area contributed by atoms with Gasteiger partial charge in [-0.05, 0) is 6.92 Å². The van der Waals surface area contributed by atoms with Crippen LogP contribution in [0, 0.1) is 0 Å². The van der Waals surface area contributed by atoms with Crippen LogP contribution >= 0.6 is 0 Å². The van der Waals surface area contributed by atoms with E-state index in [9.17, 15) is 4.79 Å². The van der Waals surface area contributed by atoms with Crippen molar-refractivity contribution >= 4 is 5.97 Å². The van der Waals surface area contributed by atoms with Crippen LogP contribution in [-0.4, -0.2) is 5.97 Å². The molecule has 0 spiro atoms. The number of rotatable bonds is 1. The van der Waals surface area contributed by atoms with Crippen LogP contribution in [0.4, 0.5) is 0 Å². The minimum Gasteiger partial charge on any atom is -0.261 e. The zero-order chi connectivity index (χ0) is 5.86. The quantitative estimate of drug-likeness (QED) is 0.273. The second-order valence-electron chi connectivity index (χ2n) is 1.15. The van der Waals surface area contributed by atoms with Gasteiger partial charge < -0.3 is 0 Å². The number of carbonyl (C=O) groups excluding carboxylic acids is 1. The topological polar surface area (TPSA) is 46.2 Å². The smallest absolute Gasteiger partial charge is 0.261 e. The Balaban J connectivity index is 3.58. The molecule has 7 heavy (non-hydrogen) atoms. The van der Waals surface area contributed by atoms with Crippen LogP contribution in [0.5, 0.6) is 0 Å². The molecule has 0 bridgehead atoms. The maximum absolute atomic E-state index is 9.88. The Labute approximate surface area is 41.1 Å². The molecule has 0 aromatic carbocycles. The molecule has 3 heteroatoms. The third-order valence-electron chi connectivity index (χ3n) is 0.424. The Morgan fingerprint density at radius 1 is 1.71 bits per heavy atom. The highest BCUT2D eigenvalue weighted by Gasteiger charge is 1.99. The molecule has 0 unspecified atom stereocenters. The minimum atomic E-state index is -0.903. The van der Waals surface area contributed by atoms with Gasteiger partial charge in [0.15, 0.2) is 0 Å². The third-order valence-corrected chi connectivity index (χ3v) is 0.424. The summed E-state index contributed by atoms with van der Waals surface area (Å²) in [6, 6.07) is 0. The van der Waals surface area contributed by atoms with Gasteiger partial charge in [-0.1, -0.05) is 6.58 Å². The van der Waals surface area contributed by atoms with Gasteiger partial charge in [0.2, 0.25) is 0 Å². The first kappa shape index (κ1) is 6.17. The molecule has 0 saturated carbocycles. The summed E-state index contributed by atoms with van der Waals surface area (Å²) in [6.45, 7) is 4.55. The average Bonchev–Trinajstić information content (AvgIpc) is 1.65. The van der Waals surface area contributed by atoms with E-state index in [0.29, 0.717) is 0 Å². The average molecular weight is 101 g/mol. The van der Waals surface area contributed by atoms with Crippen LogP contribution in [0.3, 0.4) is 0 Å². The van der Waals surface area contributed by atoms with Crippen molar-refractivity contribution in [2.75, 3.05) is 0 Å². The standard InChI is InChI=1S/C4H5O3/c1-3(2)4(5)7-6/h1H2,2H3. The summed E-state index contributed by atoms with van der Waals surface area (Å²) in [6.07, 6.45) is 0. The van der Waals surface area contributed by atoms with Crippen molar-refractivity contribution in [1.82, 2.24) is 0 Å². The van der Waals surface area contributed by atoms with Crippen LogP contribution < -0.4 is 0 Å². The van der Waals surface area contributed by atoms with Gasteiger partial charge in [-0.2, -0.15) is 0 Å². The molecule has 0 aliphatic rings. The molecule has 0 saturated heterocycles. The van der Waals surface area contributed by atoms with Crippen LogP contribution in [0.2, 0.25) is 0 Å². The summed E-state index contributed by atoms with van der Waals surface area (Å²) in [4.78, 5) is 12.9. The van der Waals surface area contributed by atoms with Gasteiger partial charge in [0.25, 0.3) is 0 Å². The molecular formula is C4H5O3. The minimum absolute atomic E-state index is 0.120. The lowest BCUT2D eigenvalue weighted by atomic mass is 10.4. The molecule has 0 aliphatic heterocycles. The summed E-state index contributed by atoms with van der Waals surface area (Å²) >= 11 is 0. The van der Waals surface area contributed by atoms with E-state index in [1.54, 1.807) is 0 Å². The van der Waals surface area contributed by atoms with E-state index in [1.807, 2.05) is 0 Å². The first-order chi connectivity index (χ1) is 3.18. The molecular weight excluding hydrogens is 96.0 g/mol. The SMILES string of the molecule is C=C(C)C(=O)O[O]. The van der Waals surface area contributed by atoms with Crippen molar-refractivity contribution in [2.24, 2.45) is 0 Å². The maximum Gasteiger partial charge on any atom is 0.371 e. The number of hydrogen-bond donors (Lipinski definition) is 0. The van der Waals surface area contributed by atoms with Crippen molar-refractivity contribution < 1.29 is 14.9 Å². The molecule has 0 aromatic rings. The Morgan fingerprint density at radius 3 is 2.14 bits per heavy atom. The van der Waals surface area contributed by atoms with Crippen molar-refractivity contribution in [2.45, 2.75) is 6.92 Å². The van der Waals surface area contributed by atoms with Gasteiger partial charge >= 0.3 is 5.97 Å². The highest BCUT2D eigenvalue weighted by molar-refractivity contribution is 5.86. The second kappa shape index (κ2) is 2.36. The fourth-order valence-electron chi connectivity index (χ4n) is 0.0711. The molecule has 0 aromatic heterocycles. The van der Waals surface area contributed by atoms with Gasteiger partial charge in [-0.15, -0.1) is 0 Å². The summed E-state index contributed by atoms with van der Waals surface area (Å²) in [5.41, 5.74) is 0.120. The van der Waals surface area contributed by atoms with Gasteiger partial charge in [0.1, 0.15) is 0 Å². The molecule has 0 N–H and O–H groups in total. The summed E-state index contributed by atoms with van der Waals surface area (Å²) in [7, 11) is 0. The van der Waals surface area contributed by atoms with Crippen LogP contribution in [0.25, 0.3) is 0 Å². The fourth-order valence-corrected chi connectivity index (χ4v) is 0.0711. The number of hydrogen-bond acceptors (Lipinski definition) is 2. The summed E-state index contributed by atoms with van der Waals surface area (Å²) in [5, 5.41) is 9.16. The molecule has 0 amide bonds. The molecule has 1 radical (unpaired) electrons. The fraction of sp³-hybridized carbons (Fsp3) is 0.250. The summed E-state index contributed by atoms with van der Waals surface area (Å²) in [5.74, 6) is -0.903. The van der Waals surface area contributed by atoms with Gasteiger partial charge in [0.05, 0.1) is 0 Å². The van der Waals surface area contributed by atoms with Crippen molar-refractivity contribution in [3.63, 3.8) is 0 Å². The molecule has 0 aliphatic carbocycles. The highest BCUT2D eigenvalue weighted by atomic mass is 17.1. The van der Waals surface area contributed by atoms with Crippen molar-refractivity contribution in [1.29, 1.82) is 0 Å². The predicted octanol–water partition coefficient (Wildman–Crippen LogP) is 0.451. The van der Waals surface area contributed by atoms with Crippen molar-refractivity contribution in [3.05, 3.63) is 12.2 Å². The Morgan fingerprint density at radius 2 is 2.14 bits per heavy atom. The maximum atomic E-state index is 9.88. The Hall–Kier alpha value is -0.830. The van der Waals surface area contributed by atoms with E-state index >= 15 is 0 Å². The lowest BCUT2D eigenvalue weighted by Gasteiger charge is -1.85. The first-order valence-electron chi connectivity index (χ1n) is 1.68. The zero-order valence-corrected chi connectivity index (χ0v) is 3.93. The molecule has 0 fully saturated rings. The Kier molecular flexibility index (Phi) is 2.08. The van der Waals surface area contributed by atoms with E-state index in [1.165, 1.54) is 6.92 Å². The predicted molar refractivity (Wildman–Crippen MR) is 21.6 cm³/mol. The molecule has 0 heterocycles. The van der Waals surface area contributed by atoms with E-state index < -0.39 is 5.97 Å².